The highest BCUT2D eigenvalue weighted by Gasteiger charge is 2.23. The van der Waals surface area contributed by atoms with Crippen LogP contribution in [0.25, 0.3) is 0 Å². The molecule has 0 saturated heterocycles. The lowest BCUT2D eigenvalue weighted by molar-refractivity contribution is -0.142. The second kappa shape index (κ2) is 7.07. The van der Waals surface area contributed by atoms with Crippen molar-refractivity contribution < 1.29 is 29.3 Å². The van der Waals surface area contributed by atoms with Gasteiger partial charge in [0.15, 0.2) is 5.69 Å². The standard InChI is InChI=1S/C12H14N2O6/c1-20-9(16)5-4-7(12(18)19)14-11(17)10-8(15)3-2-6-13-10/h2-3,6-7,15H,4-5H2,1H3,(H,14,17)(H,18,19)/t7-/m0/s1. The lowest BCUT2D eigenvalue weighted by atomic mass is 10.1. The Labute approximate surface area is 114 Å². The number of pyridine rings is 1. The van der Waals surface area contributed by atoms with Gasteiger partial charge < -0.3 is 20.3 Å². The van der Waals surface area contributed by atoms with Crippen molar-refractivity contribution in [2.75, 3.05) is 7.11 Å². The van der Waals surface area contributed by atoms with Crippen molar-refractivity contribution in [3.8, 4) is 5.75 Å². The van der Waals surface area contributed by atoms with E-state index >= 15 is 0 Å². The van der Waals surface area contributed by atoms with Crippen molar-refractivity contribution in [1.29, 1.82) is 0 Å². The number of methoxy groups -OCH3 is 1. The zero-order valence-electron chi connectivity index (χ0n) is 10.7. The molecule has 1 atom stereocenters. The SMILES string of the molecule is COC(=O)CC[C@H](NC(=O)c1ncccc1O)C(=O)O. The Morgan fingerprint density at radius 2 is 2.15 bits per heavy atom. The Morgan fingerprint density at radius 3 is 2.70 bits per heavy atom. The van der Waals surface area contributed by atoms with Crippen molar-refractivity contribution in [2.24, 2.45) is 0 Å². The first-order valence-electron chi connectivity index (χ1n) is 5.70. The molecule has 1 rings (SSSR count). The molecule has 1 amide bonds. The Hall–Kier alpha value is -2.64. The first-order valence-corrected chi connectivity index (χ1v) is 5.70. The van der Waals surface area contributed by atoms with Crippen LogP contribution in [0.2, 0.25) is 0 Å². The quantitative estimate of drug-likeness (QED) is 0.623. The molecule has 0 aliphatic heterocycles. The summed E-state index contributed by atoms with van der Waals surface area (Å²) in [6.07, 6.45) is 1.02. The monoisotopic (exact) mass is 282 g/mol. The van der Waals surface area contributed by atoms with Gasteiger partial charge in [-0.2, -0.15) is 0 Å². The second-order valence-electron chi connectivity index (χ2n) is 3.85. The average molecular weight is 282 g/mol. The molecule has 0 radical (unpaired) electrons. The van der Waals surface area contributed by atoms with E-state index in [9.17, 15) is 19.5 Å². The summed E-state index contributed by atoms with van der Waals surface area (Å²) in [5, 5.41) is 20.6. The van der Waals surface area contributed by atoms with E-state index in [4.69, 9.17) is 5.11 Å². The van der Waals surface area contributed by atoms with Gasteiger partial charge in [0.2, 0.25) is 0 Å². The lowest BCUT2D eigenvalue weighted by Gasteiger charge is -2.13. The van der Waals surface area contributed by atoms with E-state index in [1.165, 1.54) is 25.4 Å². The number of hydrogen-bond donors (Lipinski definition) is 3. The highest BCUT2D eigenvalue weighted by molar-refractivity contribution is 5.97. The predicted octanol–water partition coefficient (Wildman–Crippen LogP) is -0.0766. The summed E-state index contributed by atoms with van der Waals surface area (Å²) in [6.45, 7) is 0. The fraction of sp³-hybridized carbons (Fsp3) is 0.333. The number of aromatic hydroxyl groups is 1. The Morgan fingerprint density at radius 1 is 1.45 bits per heavy atom. The van der Waals surface area contributed by atoms with Gasteiger partial charge in [-0.15, -0.1) is 0 Å². The van der Waals surface area contributed by atoms with Crippen LogP contribution < -0.4 is 5.32 Å². The number of ether oxygens (including phenoxy) is 1. The molecule has 0 unspecified atom stereocenters. The largest absolute Gasteiger partial charge is 0.505 e. The molecule has 0 bridgehead atoms. The molecule has 20 heavy (non-hydrogen) atoms. The number of nitrogens with one attached hydrogen (secondary N) is 1. The minimum atomic E-state index is -1.29. The molecular weight excluding hydrogens is 268 g/mol. The summed E-state index contributed by atoms with van der Waals surface area (Å²) >= 11 is 0. The number of hydrogen-bond acceptors (Lipinski definition) is 6. The molecular formula is C12H14N2O6. The predicted molar refractivity (Wildman–Crippen MR) is 66.0 cm³/mol. The number of esters is 1. The first-order chi connectivity index (χ1) is 9.45. The smallest absolute Gasteiger partial charge is 0.326 e. The van der Waals surface area contributed by atoms with Crippen LogP contribution in [0, 0.1) is 0 Å². The molecule has 1 aromatic rings. The van der Waals surface area contributed by atoms with Crippen LogP contribution in [0.1, 0.15) is 23.3 Å². The maximum absolute atomic E-state index is 11.8. The zero-order chi connectivity index (χ0) is 15.1. The van der Waals surface area contributed by atoms with Gasteiger partial charge in [-0.1, -0.05) is 0 Å². The topological polar surface area (TPSA) is 126 Å². The van der Waals surface area contributed by atoms with E-state index in [0.717, 1.165) is 0 Å². The van der Waals surface area contributed by atoms with Crippen molar-refractivity contribution in [1.82, 2.24) is 10.3 Å². The van der Waals surface area contributed by atoms with Crippen LogP contribution in [0.4, 0.5) is 0 Å². The molecule has 3 N–H and O–H groups in total. The number of nitrogens with zero attached hydrogens (tertiary/aromatic N) is 1. The summed E-state index contributed by atoms with van der Waals surface area (Å²) in [4.78, 5) is 37.4. The van der Waals surface area contributed by atoms with E-state index in [-0.39, 0.29) is 24.3 Å². The van der Waals surface area contributed by atoms with E-state index < -0.39 is 23.9 Å². The highest BCUT2D eigenvalue weighted by atomic mass is 16.5. The molecule has 8 nitrogen and oxygen atoms in total. The lowest BCUT2D eigenvalue weighted by Crippen LogP contribution is -2.41. The maximum Gasteiger partial charge on any atom is 0.326 e. The molecule has 0 aromatic carbocycles. The van der Waals surface area contributed by atoms with Gasteiger partial charge in [-0.05, 0) is 18.6 Å². The Balaban J connectivity index is 2.71. The van der Waals surface area contributed by atoms with E-state index in [1.54, 1.807) is 0 Å². The van der Waals surface area contributed by atoms with Crippen LogP contribution in [-0.4, -0.2) is 46.2 Å². The van der Waals surface area contributed by atoms with Gasteiger partial charge >= 0.3 is 11.9 Å². The first kappa shape index (κ1) is 15.4. The summed E-state index contributed by atoms with van der Waals surface area (Å²) in [5.41, 5.74) is -0.281. The number of carboxylic acids is 1. The van der Waals surface area contributed by atoms with Crippen LogP contribution >= 0.6 is 0 Å². The second-order valence-corrected chi connectivity index (χ2v) is 3.85. The summed E-state index contributed by atoms with van der Waals surface area (Å²) in [6, 6.07) is 1.41. The molecule has 1 heterocycles. The molecule has 108 valence electrons. The number of rotatable bonds is 6. The van der Waals surface area contributed by atoms with Gasteiger partial charge in [-0.25, -0.2) is 9.78 Å². The number of carbonyl (C=O) groups is 3. The molecule has 0 aliphatic rings. The average Bonchev–Trinajstić information content (AvgIpc) is 2.42. The molecule has 0 spiro atoms. The molecule has 0 saturated carbocycles. The summed E-state index contributed by atoms with van der Waals surface area (Å²) in [7, 11) is 1.18. The van der Waals surface area contributed by atoms with Gasteiger partial charge in [0.1, 0.15) is 11.8 Å². The summed E-state index contributed by atoms with van der Waals surface area (Å²) in [5.74, 6) is -3.06. The van der Waals surface area contributed by atoms with Gasteiger partial charge in [0.05, 0.1) is 7.11 Å². The minimum Gasteiger partial charge on any atom is -0.505 e. The minimum absolute atomic E-state index is 0.124. The van der Waals surface area contributed by atoms with Crippen LogP contribution in [0.15, 0.2) is 18.3 Å². The highest BCUT2D eigenvalue weighted by Crippen LogP contribution is 2.12. The van der Waals surface area contributed by atoms with Gasteiger partial charge in [0, 0.05) is 12.6 Å². The zero-order valence-corrected chi connectivity index (χ0v) is 10.7. The maximum atomic E-state index is 11.8. The van der Waals surface area contributed by atoms with Crippen molar-refractivity contribution in [3.05, 3.63) is 24.0 Å². The molecule has 0 fully saturated rings. The number of carbonyl (C=O) groups excluding carboxylic acids is 2. The third-order valence-corrected chi connectivity index (χ3v) is 2.47. The van der Waals surface area contributed by atoms with Crippen molar-refractivity contribution in [3.63, 3.8) is 0 Å². The van der Waals surface area contributed by atoms with E-state index in [0.29, 0.717) is 0 Å². The number of aromatic nitrogens is 1. The fourth-order valence-corrected chi connectivity index (χ4v) is 1.42. The molecule has 0 aliphatic carbocycles. The van der Waals surface area contributed by atoms with Gasteiger partial charge in [0.25, 0.3) is 5.91 Å². The van der Waals surface area contributed by atoms with E-state index in [1.807, 2.05) is 0 Å². The van der Waals surface area contributed by atoms with Gasteiger partial charge in [-0.3, -0.25) is 9.59 Å². The third kappa shape index (κ3) is 4.23. The molecule has 8 heteroatoms. The number of carboxylic acid groups (broad SMARTS) is 1. The van der Waals surface area contributed by atoms with Crippen LogP contribution in [0.3, 0.4) is 0 Å². The van der Waals surface area contributed by atoms with Crippen molar-refractivity contribution in [2.45, 2.75) is 18.9 Å². The summed E-state index contributed by atoms with van der Waals surface area (Å²) < 4.78 is 4.39. The number of amides is 1. The fourth-order valence-electron chi connectivity index (χ4n) is 1.42. The van der Waals surface area contributed by atoms with E-state index in [2.05, 4.69) is 15.0 Å². The third-order valence-electron chi connectivity index (χ3n) is 2.47. The Kier molecular flexibility index (Phi) is 5.45. The Bertz CT molecular complexity index is 516. The van der Waals surface area contributed by atoms with Crippen LogP contribution in [0.5, 0.6) is 5.75 Å². The normalized spacial score (nSPS) is 11.4. The van der Waals surface area contributed by atoms with Crippen LogP contribution in [-0.2, 0) is 14.3 Å². The number of aliphatic carboxylic acids is 1. The molecule has 1 aromatic heterocycles. The van der Waals surface area contributed by atoms with Crippen molar-refractivity contribution >= 4 is 17.8 Å².